The highest BCUT2D eigenvalue weighted by molar-refractivity contribution is 7.13. The highest BCUT2D eigenvalue weighted by Crippen LogP contribution is 2.24. The van der Waals surface area contributed by atoms with Crippen molar-refractivity contribution in [3.63, 3.8) is 0 Å². The van der Waals surface area contributed by atoms with E-state index in [2.05, 4.69) is 36.4 Å². The molecule has 1 heterocycles. The Morgan fingerprint density at radius 1 is 1.27 bits per heavy atom. The Morgan fingerprint density at radius 3 is 2.82 bits per heavy atom. The molecule has 0 unspecified atom stereocenters. The van der Waals surface area contributed by atoms with Gasteiger partial charge in [0.15, 0.2) is 0 Å². The first kappa shape index (κ1) is 6.80. The minimum Gasteiger partial charge on any atom is -0.197 e. The van der Waals surface area contributed by atoms with Gasteiger partial charge in [-0.3, -0.25) is 0 Å². The molecule has 0 amide bonds. The third-order valence-electron chi connectivity index (χ3n) is 1.88. The lowest BCUT2D eigenvalue weighted by molar-refractivity contribution is 1.37. The maximum Gasteiger partial charge on any atom is 0.0589 e. The second-order valence-corrected chi connectivity index (χ2v) is 3.49. The molecule has 2 aromatic rings. The zero-order valence-electron chi connectivity index (χ0n) is 6.59. The first-order valence-corrected chi connectivity index (χ1v) is 4.38. The predicted octanol–water partition coefficient (Wildman–Crippen LogP) is 2.91. The Bertz CT molecular complexity index is 389. The summed E-state index contributed by atoms with van der Waals surface area (Å²) in [5.74, 6) is 0. The van der Waals surface area contributed by atoms with Gasteiger partial charge in [-0.1, -0.05) is 18.2 Å². The zero-order valence-corrected chi connectivity index (χ0v) is 7.40. The lowest BCUT2D eigenvalue weighted by Crippen LogP contribution is -1.72. The largest absolute Gasteiger partial charge is 0.197 e. The number of fused-ring (bicyclic) bond motifs is 1. The molecular formula is C9H9NS. The fourth-order valence-corrected chi connectivity index (χ4v) is 2.07. The molecule has 11 heavy (non-hydrogen) atoms. The van der Waals surface area contributed by atoms with Gasteiger partial charge in [0, 0.05) is 5.39 Å². The molecule has 0 atom stereocenters. The van der Waals surface area contributed by atoms with Crippen molar-refractivity contribution in [1.29, 1.82) is 0 Å². The van der Waals surface area contributed by atoms with Gasteiger partial charge in [0.2, 0.25) is 0 Å². The average molecular weight is 163 g/mol. The van der Waals surface area contributed by atoms with E-state index in [1.165, 1.54) is 15.6 Å². The Balaban J connectivity index is 2.94. The molecule has 56 valence electrons. The highest BCUT2D eigenvalue weighted by atomic mass is 32.1. The van der Waals surface area contributed by atoms with E-state index in [4.69, 9.17) is 0 Å². The van der Waals surface area contributed by atoms with Crippen LogP contribution in [0.4, 0.5) is 0 Å². The van der Waals surface area contributed by atoms with Crippen molar-refractivity contribution in [2.24, 2.45) is 0 Å². The van der Waals surface area contributed by atoms with Crippen LogP contribution < -0.4 is 0 Å². The Hall–Kier alpha value is -0.890. The summed E-state index contributed by atoms with van der Waals surface area (Å²) < 4.78 is 5.62. The van der Waals surface area contributed by atoms with Gasteiger partial charge in [0.05, 0.1) is 10.4 Å². The summed E-state index contributed by atoms with van der Waals surface area (Å²) in [5.41, 5.74) is 2.47. The van der Waals surface area contributed by atoms with E-state index in [9.17, 15) is 0 Å². The van der Waals surface area contributed by atoms with Gasteiger partial charge in [0.1, 0.15) is 0 Å². The second-order valence-electron chi connectivity index (χ2n) is 2.72. The molecule has 0 fully saturated rings. The van der Waals surface area contributed by atoms with Gasteiger partial charge in [-0.15, -0.1) is 0 Å². The third-order valence-corrected chi connectivity index (χ3v) is 2.97. The molecule has 0 radical (unpaired) electrons. The topological polar surface area (TPSA) is 12.9 Å². The molecule has 0 aliphatic rings. The fraction of sp³-hybridized carbons (Fsp3) is 0.222. The molecule has 0 saturated heterocycles. The zero-order chi connectivity index (χ0) is 7.84. The Kier molecular flexibility index (Phi) is 1.43. The van der Waals surface area contributed by atoms with Gasteiger partial charge in [-0.2, -0.15) is 4.37 Å². The smallest absolute Gasteiger partial charge is 0.0589 e. The van der Waals surface area contributed by atoms with Crippen LogP contribution in [-0.4, -0.2) is 4.37 Å². The van der Waals surface area contributed by atoms with Crippen LogP contribution in [0, 0.1) is 13.8 Å². The van der Waals surface area contributed by atoms with Gasteiger partial charge >= 0.3 is 0 Å². The van der Waals surface area contributed by atoms with Crippen LogP contribution in [0.1, 0.15) is 11.3 Å². The van der Waals surface area contributed by atoms with E-state index in [0.717, 1.165) is 5.69 Å². The summed E-state index contributed by atoms with van der Waals surface area (Å²) in [4.78, 5) is 0. The Morgan fingerprint density at radius 2 is 2.09 bits per heavy atom. The van der Waals surface area contributed by atoms with Gasteiger partial charge in [-0.05, 0) is 30.9 Å². The normalized spacial score (nSPS) is 10.7. The lowest BCUT2D eigenvalue weighted by Gasteiger charge is -1.92. The van der Waals surface area contributed by atoms with Crippen molar-refractivity contribution in [2.75, 3.05) is 0 Å². The molecule has 0 aliphatic carbocycles. The van der Waals surface area contributed by atoms with E-state index >= 15 is 0 Å². The quantitative estimate of drug-likeness (QED) is 0.582. The van der Waals surface area contributed by atoms with Crippen LogP contribution in [0.3, 0.4) is 0 Å². The molecule has 1 nitrogen and oxygen atoms in total. The number of aryl methyl sites for hydroxylation is 2. The molecule has 0 N–H and O–H groups in total. The van der Waals surface area contributed by atoms with Gasteiger partial charge in [-0.25, -0.2) is 0 Å². The molecule has 0 bridgehead atoms. The number of hydrogen-bond acceptors (Lipinski definition) is 2. The first-order chi connectivity index (χ1) is 5.29. The van der Waals surface area contributed by atoms with Crippen LogP contribution in [0.15, 0.2) is 18.2 Å². The molecular weight excluding hydrogens is 154 g/mol. The van der Waals surface area contributed by atoms with Gasteiger partial charge < -0.3 is 0 Å². The summed E-state index contributed by atoms with van der Waals surface area (Å²) >= 11 is 1.59. The molecule has 0 saturated carbocycles. The second kappa shape index (κ2) is 2.31. The molecule has 2 heteroatoms. The van der Waals surface area contributed by atoms with Crippen molar-refractivity contribution >= 4 is 21.6 Å². The van der Waals surface area contributed by atoms with Gasteiger partial charge in [0.25, 0.3) is 0 Å². The maximum atomic E-state index is 4.30. The fourth-order valence-electron chi connectivity index (χ4n) is 1.22. The number of benzene rings is 1. The third kappa shape index (κ3) is 0.942. The minimum absolute atomic E-state index is 1.15. The molecule has 1 aromatic heterocycles. The molecule has 0 aliphatic heterocycles. The Labute approximate surface area is 69.8 Å². The summed E-state index contributed by atoms with van der Waals surface area (Å²) in [6.45, 7) is 4.18. The van der Waals surface area contributed by atoms with E-state index in [1.54, 1.807) is 11.5 Å². The van der Waals surface area contributed by atoms with Crippen LogP contribution >= 0.6 is 11.5 Å². The molecule has 2 rings (SSSR count). The average Bonchev–Trinajstić information content (AvgIpc) is 2.35. The summed E-state index contributed by atoms with van der Waals surface area (Å²) in [5, 5.41) is 1.30. The van der Waals surface area contributed by atoms with Crippen LogP contribution in [0.5, 0.6) is 0 Å². The van der Waals surface area contributed by atoms with E-state index in [1.807, 2.05) is 0 Å². The predicted molar refractivity (Wildman–Crippen MR) is 49.1 cm³/mol. The number of nitrogens with zero attached hydrogens (tertiary/aromatic N) is 1. The molecule has 1 aromatic carbocycles. The maximum absolute atomic E-state index is 4.30. The van der Waals surface area contributed by atoms with Crippen molar-refractivity contribution in [3.05, 3.63) is 29.5 Å². The van der Waals surface area contributed by atoms with E-state index in [0.29, 0.717) is 0 Å². The van der Waals surface area contributed by atoms with E-state index < -0.39 is 0 Å². The summed E-state index contributed by atoms with van der Waals surface area (Å²) in [6, 6.07) is 6.33. The van der Waals surface area contributed by atoms with Crippen molar-refractivity contribution in [3.8, 4) is 0 Å². The summed E-state index contributed by atoms with van der Waals surface area (Å²) in [6.07, 6.45) is 0. The van der Waals surface area contributed by atoms with Crippen LogP contribution in [0.2, 0.25) is 0 Å². The van der Waals surface area contributed by atoms with Crippen molar-refractivity contribution in [1.82, 2.24) is 4.37 Å². The van der Waals surface area contributed by atoms with E-state index in [-0.39, 0.29) is 0 Å². The SMILES string of the molecule is Cc1nsc2c(C)cccc12. The lowest BCUT2D eigenvalue weighted by atomic mass is 10.1. The number of aromatic nitrogens is 1. The minimum atomic E-state index is 1.15. The van der Waals surface area contributed by atoms with Crippen LogP contribution in [-0.2, 0) is 0 Å². The summed E-state index contributed by atoms with van der Waals surface area (Å²) in [7, 11) is 0. The number of hydrogen-bond donors (Lipinski definition) is 0. The van der Waals surface area contributed by atoms with Crippen molar-refractivity contribution < 1.29 is 0 Å². The molecule has 0 spiro atoms. The van der Waals surface area contributed by atoms with Crippen molar-refractivity contribution in [2.45, 2.75) is 13.8 Å². The first-order valence-electron chi connectivity index (χ1n) is 3.60. The van der Waals surface area contributed by atoms with Crippen LogP contribution in [0.25, 0.3) is 10.1 Å². The number of rotatable bonds is 0. The highest BCUT2D eigenvalue weighted by Gasteiger charge is 2.01. The monoisotopic (exact) mass is 163 g/mol. The standard InChI is InChI=1S/C9H9NS/c1-6-4-3-5-8-7(2)10-11-9(6)8/h3-5H,1-2H3.